The molecule has 1 aromatic carbocycles. The molecule has 7 heteroatoms. The molecule has 1 N–H and O–H groups in total. The van der Waals surface area contributed by atoms with Crippen molar-refractivity contribution in [3.05, 3.63) is 48.8 Å². The normalized spacial score (nSPS) is 15.0. The molecule has 2 heterocycles. The summed E-state index contributed by atoms with van der Waals surface area (Å²) in [5, 5.41) is 2.80. The number of carbonyl (C=O) groups excluding carboxylic acids is 2. The summed E-state index contributed by atoms with van der Waals surface area (Å²) < 4.78 is 5.34. The highest BCUT2D eigenvalue weighted by Crippen LogP contribution is 2.28. The molecule has 2 aromatic rings. The highest BCUT2D eigenvalue weighted by molar-refractivity contribution is 5.97. The molecular formula is C19H22N4O3. The van der Waals surface area contributed by atoms with Crippen LogP contribution in [0, 0.1) is 0 Å². The smallest absolute Gasteiger partial charge is 0.241 e. The highest BCUT2D eigenvalue weighted by Gasteiger charge is 2.26. The van der Waals surface area contributed by atoms with E-state index < -0.39 is 0 Å². The van der Waals surface area contributed by atoms with Gasteiger partial charge in [-0.2, -0.15) is 0 Å². The highest BCUT2D eigenvalue weighted by atomic mass is 16.5. The van der Waals surface area contributed by atoms with Crippen molar-refractivity contribution in [2.24, 2.45) is 0 Å². The second-order valence-electron chi connectivity index (χ2n) is 6.03. The topological polar surface area (TPSA) is 74.8 Å². The second kappa shape index (κ2) is 8.44. The fourth-order valence-electron chi connectivity index (χ4n) is 2.94. The molecule has 1 aliphatic rings. The van der Waals surface area contributed by atoms with Crippen LogP contribution in [0.1, 0.15) is 6.42 Å². The van der Waals surface area contributed by atoms with Gasteiger partial charge in [0.25, 0.3) is 0 Å². The summed E-state index contributed by atoms with van der Waals surface area (Å²) in [6.45, 7) is 2.11. The molecule has 0 bridgehead atoms. The molecule has 1 saturated heterocycles. The number of anilines is 2. The predicted molar refractivity (Wildman–Crippen MR) is 99.3 cm³/mol. The van der Waals surface area contributed by atoms with Crippen molar-refractivity contribution in [1.82, 2.24) is 9.88 Å². The lowest BCUT2D eigenvalue weighted by molar-refractivity contribution is -0.122. The average Bonchev–Trinajstić information content (AvgIpc) is 2.67. The van der Waals surface area contributed by atoms with E-state index in [0.717, 1.165) is 5.69 Å². The maximum Gasteiger partial charge on any atom is 0.241 e. The zero-order valence-corrected chi connectivity index (χ0v) is 14.7. The molecule has 136 valence electrons. The molecule has 26 heavy (non-hydrogen) atoms. The van der Waals surface area contributed by atoms with Crippen molar-refractivity contribution in [3.63, 3.8) is 0 Å². The van der Waals surface area contributed by atoms with Gasteiger partial charge in [-0.25, -0.2) is 0 Å². The number of amides is 2. The van der Waals surface area contributed by atoms with Gasteiger partial charge in [0.1, 0.15) is 5.75 Å². The Morgan fingerprint density at radius 1 is 1.23 bits per heavy atom. The molecule has 1 aromatic heterocycles. The molecule has 0 aliphatic carbocycles. The largest absolute Gasteiger partial charge is 0.495 e. The summed E-state index contributed by atoms with van der Waals surface area (Å²) in [5.74, 6) is 0.608. The minimum Gasteiger partial charge on any atom is -0.495 e. The number of benzene rings is 1. The van der Waals surface area contributed by atoms with E-state index in [1.165, 1.54) is 0 Å². The number of aromatic nitrogens is 1. The number of rotatable bonds is 6. The number of carbonyl (C=O) groups is 2. The molecule has 0 unspecified atom stereocenters. The first-order valence-electron chi connectivity index (χ1n) is 8.53. The Labute approximate surface area is 152 Å². The molecule has 3 rings (SSSR count). The van der Waals surface area contributed by atoms with E-state index in [9.17, 15) is 9.59 Å². The minimum absolute atomic E-state index is 0.00779. The zero-order valence-electron chi connectivity index (χ0n) is 14.7. The van der Waals surface area contributed by atoms with Crippen LogP contribution in [-0.4, -0.2) is 55.0 Å². The van der Waals surface area contributed by atoms with Crippen LogP contribution in [0.3, 0.4) is 0 Å². The molecule has 1 fully saturated rings. The summed E-state index contributed by atoms with van der Waals surface area (Å²) >= 11 is 0. The maximum atomic E-state index is 12.5. The molecule has 0 atom stereocenters. The van der Waals surface area contributed by atoms with Gasteiger partial charge in [-0.05, 0) is 24.3 Å². The summed E-state index contributed by atoms with van der Waals surface area (Å²) in [4.78, 5) is 32.3. The summed E-state index contributed by atoms with van der Waals surface area (Å²) in [6.07, 6.45) is 3.59. The monoisotopic (exact) mass is 354 g/mol. The van der Waals surface area contributed by atoms with Crippen LogP contribution in [0.2, 0.25) is 0 Å². The predicted octanol–water partition coefficient (Wildman–Crippen LogP) is 1.77. The van der Waals surface area contributed by atoms with Crippen LogP contribution < -0.4 is 15.0 Å². The Hall–Kier alpha value is -2.93. The standard InChI is InChI=1S/C19H22N4O3/c1-26-17-7-3-2-6-16(17)23-12-11-22(14-19(23)25)10-8-18(24)21-15-5-4-9-20-13-15/h2-7,9,13H,8,10-12,14H2,1H3,(H,21,24). The van der Waals surface area contributed by atoms with Crippen molar-refractivity contribution >= 4 is 23.2 Å². The number of methoxy groups -OCH3 is 1. The van der Waals surface area contributed by atoms with Crippen LogP contribution in [-0.2, 0) is 9.59 Å². The molecule has 0 spiro atoms. The number of hydrogen-bond acceptors (Lipinski definition) is 5. The lowest BCUT2D eigenvalue weighted by atomic mass is 10.2. The molecule has 1 aliphatic heterocycles. The lowest BCUT2D eigenvalue weighted by Crippen LogP contribution is -2.51. The Bertz CT molecular complexity index is 766. The number of pyridine rings is 1. The number of para-hydroxylation sites is 2. The maximum absolute atomic E-state index is 12.5. The summed E-state index contributed by atoms with van der Waals surface area (Å²) in [7, 11) is 1.60. The van der Waals surface area contributed by atoms with Crippen LogP contribution in [0.15, 0.2) is 48.8 Å². The van der Waals surface area contributed by atoms with E-state index >= 15 is 0 Å². The van der Waals surface area contributed by atoms with Crippen molar-refractivity contribution in [2.45, 2.75) is 6.42 Å². The van der Waals surface area contributed by atoms with E-state index in [1.807, 2.05) is 29.2 Å². The van der Waals surface area contributed by atoms with Crippen LogP contribution in [0.25, 0.3) is 0 Å². The van der Waals surface area contributed by atoms with E-state index in [0.29, 0.717) is 37.5 Å². The summed E-state index contributed by atoms with van der Waals surface area (Å²) in [6, 6.07) is 11.1. The number of ether oxygens (including phenoxy) is 1. The average molecular weight is 354 g/mol. The first-order chi connectivity index (χ1) is 12.7. The van der Waals surface area contributed by atoms with E-state index in [1.54, 1.807) is 36.5 Å². The Morgan fingerprint density at radius 2 is 2.08 bits per heavy atom. The quantitative estimate of drug-likeness (QED) is 0.856. The molecular weight excluding hydrogens is 332 g/mol. The molecule has 7 nitrogen and oxygen atoms in total. The van der Waals surface area contributed by atoms with Gasteiger partial charge in [0.2, 0.25) is 11.8 Å². The van der Waals surface area contributed by atoms with Gasteiger partial charge in [0, 0.05) is 32.3 Å². The summed E-state index contributed by atoms with van der Waals surface area (Å²) in [5.41, 5.74) is 1.46. The van der Waals surface area contributed by atoms with Gasteiger partial charge < -0.3 is 15.0 Å². The van der Waals surface area contributed by atoms with E-state index in [-0.39, 0.29) is 18.4 Å². The lowest BCUT2D eigenvalue weighted by Gasteiger charge is -2.34. The van der Waals surface area contributed by atoms with Crippen LogP contribution in [0.5, 0.6) is 5.75 Å². The minimum atomic E-state index is -0.0855. The zero-order chi connectivity index (χ0) is 18.4. The van der Waals surface area contributed by atoms with Crippen molar-refractivity contribution in [2.75, 3.05) is 43.5 Å². The van der Waals surface area contributed by atoms with Crippen molar-refractivity contribution < 1.29 is 14.3 Å². The molecule has 0 radical (unpaired) electrons. The van der Waals surface area contributed by atoms with E-state index in [2.05, 4.69) is 10.3 Å². The molecule has 0 saturated carbocycles. The van der Waals surface area contributed by atoms with Gasteiger partial charge >= 0.3 is 0 Å². The third kappa shape index (κ3) is 4.37. The third-order valence-corrected chi connectivity index (χ3v) is 4.28. The van der Waals surface area contributed by atoms with E-state index in [4.69, 9.17) is 4.74 Å². The number of nitrogens with zero attached hydrogens (tertiary/aromatic N) is 3. The van der Waals surface area contributed by atoms with Crippen LogP contribution >= 0.6 is 0 Å². The van der Waals surface area contributed by atoms with Crippen molar-refractivity contribution in [1.29, 1.82) is 0 Å². The fraction of sp³-hybridized carbons (Fsp3) is 0.316. The van der Waals surface area contributed by atoms with Gasteiger partial charge in [-0.1, -0.05) is 12.1 Å². The van der Waals surface area contributed by atoms with Crippen LogP contribution in [0.4, 0.5) is 11.4 Å². The van der Waals surface area contributed by atoms with Gasteiger partial charge in [-0.15, -0.1) is 0 Å². The Kier molecular flexibility index (Phi) is 5.80. The number of piperazine rings is 1. The molecule has 2 amide bonds. The Morgan fingerprint density at radius 3 is 2.81 bits per heavy atom. The third-order valence-electron chi connectivity index (χ3n) is 4.28. The second-order valence-corrected chi connectivity index (χ2v) is 6.03. The Balaban J connectivity index is 1.51. The fourth-order valence-corrected chi connectivity index (χ4v) is 2.94. The number of hydrogen-bond donors (Lipinski definition) is 1. The van der Waals surface area contributed by atoms with Gasteiger partial charge in [0.05, 0.1) is 31.2 Å². The van der Waals surface area contributed by atoms with Crippen molar-refractivity contribution in [3.8, 4) is 5.75 Å². The first-order valence-corrected chi connectivity index (χ1v) is 8.53. The van der Waals surface area contributed by atoms with Gasteiger partial charge in [-0.3, -0.25) is 19.5 Å². The first kappa shape index (κ1) is 17.9. The SMILES string of the molecule is COc1ccccc1N1CCN(CCC(=O)Nc2cccnc2)CC1=O. The number of nitrogens with one attached hydrogen (secondary N) is 1. The van der Waals surface area contributed by atoms with Gasteiger partial charge in [0.15, 0.2) is 0 Å².